The third-order valence-electron chi connectivity index (χ3n) is 4.03. The molecule has 2 rings (SSSR count). The van der Waals surface area contributed by atoms with Gasteiger partial charge in [0, 0.05) is 51.5 Å². The molecular formula is C14H23N3O3S. The lowest BCUT2D eigenvalue weighted by atomic mass is 10.1. The Labute approximate surface area is 126 Å². The first-order valence-corrected chi connectivity index (χ1v) is 8.71. The van der Waals surface area contributed by atoms with Crippen LogP contribution in [0.4, 0.5) is 0 Å². The first-order chi connectivity index (χ1) is 9.86. The van der Waals surface area contributed by atoms with Gasteiger partial charge in [-0.15, -0.1) is 0 Å². The zero-order chi connectivity index (χ0) is 15.6. The molecule has 1 aromatic rings. The van der Waals surface area contributed by atoms with Crippen LogP contribution in [0.2, 0.25) is 0 Å². The lowest BCUT2D eigenvalue weighted by molar-refractivity contribution is -0.136. The van der Waals surface area contributed by atoms with Gasteiger partial charge in [-0.05, 0) is 12.5 Å². The summed E-state index contributed by atoms with van der Waals surface area (Å²) >= 11 is 0. The third-order valence-corrected chi connectivity index (χ3v) is 5.91. The zero-order valence-corrected chi connectivity index (χ0v) is 13.6. The Morgan fingerprint density at radius 3 is 2.38 bits per heavy atom. The molecule has 1 saturated heterocycles. The lowest BCUT2D eigenvalue weighted by Crippen LogP contribution is -2.51. The number of rotatable bonds is 4. The van der Waals surface area contributed by atoms with Crippen LogP contribution in [0.3, 0.4) is 0 Å². The number of amides is 1. The number of carbonyl (C=O) groups is 1. The summed E-state index contributed by atoms with van der Waals surface area (Å²) < 4.78 is 28.1. The van der Waals surface area contributed by atoms with Crippen LogP contribution >= 0.6 is 0 Å². The van der Waals surface area contributed by atoms with E-state index in [1.54, 1.807) is 35.0 Å². The summed E-state index contributed by atoms with van der Waals surface area (Å²) in [5, 5.41) is 0. The molecule has 1 fully saturated rings. The van der Waals surface area contributed by atoms with Gasteiger partial charge in [-0.2, -0.15) is 4.31 Å². The monoisotopic (exact) mass is 313 g/mol. The Morgan fingerprint density at radius 1 is 1.29 bits per heavy atom. The van der Waals surface area contributed by atoms with Crippen molar-refractivity contribution in [1.29, 1.82) is 0 Å². The van der Waals surface area contributed by atoms with E-state index >= 15 is 0 Å². The molecule has 0 aromatic carbocycles. The first-order valence-electron chi connectivity index (χ1n) is 7.27. The number of piperazine rings is 1. The minimum atomic E-state index is -3.44. The first kappa shape index (κ1) is 16.0. The van der Waals surface area contributed by atoms with Crippen LogP contribution in [-0.4, -0.2) is 54.3 Å². The van der Waals surface area contributed by atoms with E-state index in [1.165, 1.54) is 4.31 Å². The van der Waals surface area contributed by atoms with Gasteiger partial charge in [0.1, 0.15) is 0 Å². The van der Waals surface area contributed by atoms with E-state index in [0.717, 1.165) is 6.42 Å². The average Bonchev–Trinajstić information content (AvgIpc) is 2.93. The van der Waals surface area contributed by atoms with Crippen LogP contribution in [0.1, 0.15) is 20.3 Å². The molecule has 1 amide bonds. The molecule has 7 heteroatoms. The summed E-state index contributed by atoms with van der Waals surface area (Å²) in [6.45, 7) is 5.55. The van der Waals surface area contributed by atoms with Gasteiger partial charge in [0.05, 0.1) is 4.90 Å². The smallest absolute Gasteiger partial charge is 0.244 e. The van der Waals surface area contributed by atoms with E-state index in [2.05, 4.69) is 0 Å². The number of carbonyl (C=O) groups excluding carboxylic acids is 1. The van der Waals surface area contributed by atoms with Gasteiger partial charge in [0.15, 0.2) is 0 Å². The summed E-state index contributed by atoms with van der Waals surface area (Å²) in [5.41, 5.74) is 0. The molecule has 1 aliphatic rings. The van der Waals surface area contributed by atoms with Crippen molar-refractivity contribution in [2.45, 2.75) is 25.2 Å². The Morgan fingerprint density at radius 2 is 1.90 bits per heavy atom. The second-order valence-electron chi connectivity index (χ2n) is 5.55. The number of aromatic nitrogens is 1. The molecule has 2 heterocycles. The maximum absolute atomic E-state index is 12.5. The number of aryl methyl sites for hydroxylation is 1. The predicted molar refractivity (Wildman–Crippen MR) is 80.2 cm³/mol. The van der Waals surface area contributed by atoms with E-state index in [1.807, 2.05) is 13.8 Å². The average molecular weight is 313 g/mol. The maximum Gasteiger partial charge on any atom is 0.244 e. The van der Waals surface area contributed by atoms with E-state index in [-0.39, 0.29) is 11.8 Å². The van der Waals surface area contributed by atoms with Crippen LogP contribution in [0.25, 0.3) is 0 Å². The Balaban J connectivity index is 2.02. The van der Waals surface area contributed by atoms with E-state index < -0.39 is 10.0 Å². The molecule has 21 heavy (non-hydrogen) atoms. The van der Waals surface area contributed by atoms with Crippen LogP contribution < -0.4 is 0 Å². The summed E-state index contributed by atoms with van der Waals surface area (Å²) in [6.07, 6.45) is 4.13. The highest BCUT2D eigenvalue weighted by atomic mass is 32.2. The molecule has 0 aliphatic carbocycles. The standard InChI is InChI=1S/C14H23N3O3S/c1-4-12(2)14(18)16-7-9-17(10-8-16)21(19,20)13-5-6-15(3)11-13/h5-6,11-12H,4,7-10H2,1-3H3/t12-/m1/s1. The Hall–Kier alpha value is -1.34. The molecule has 0 unspecified atom stereocenters. The van der Waals surface area contributed by atoms with E-state index in [4.69, 9.17) is 0 Å². The summed E-state index contributed by atoms with van der Waals surface area (Å²) in [5.74, 6) is 0.122. The second-order valence-corrected chi connectivity index (χ2v) is 7.49. The van der Waals surface area contributed by atoms with Gasteiger partial charge >= 0.3 is 0 Å². The van der Waals surface area contributed by atoms with Crippen molar-refractivity contribution in [2.75, 3.05) is 26.2 Å². The molecule has 1 aliphatic heterocycles. The predicted octanol–water partition coefficient (Wildman–Crippen LogP) is 0.904. The highest BCUT2D eigenvalue weighted by molar-refractivity contribution is 7.89. The Bertz CT molecular complexity index is 601. The molecule has 0 N–H and O–H groups in total. The SMILES string of the molecule is CC[C@@H](C)C(=O)N1CCN(S(=O)(=O)c2ccn(C)c2)CC1. The van der Waals surface area contributed by atoms with Gasteiger partial charge < -0.3 is 9.47 Å². The summed E-state index contributed by atoms with van der Waals surface area (Å²) in [6, 6.07) is 1.60. The molecule has 0 radical (unpaired) electrons. The fourth-order valence-corrected chi connectivity index (χ4v) is 3.89. The highest BCUT2D eigenvalue weighted by Crippen LogP contribution is 2.18. The van der Waals surface area contributed by atoms with Crippen molar-refractivity contribution >= 4 is 15.9 Å². The van der Waals surface area contributed by atoms with Crippen molar-refractivity contribution in [3.8, 4) is 0 Å². The van der Waals surface area contributed by atoms with Crippen molar-refractivity contribution in [2.24, 2.45) is 13.0 Å². The van der Waals surface area contributed by atoms with E-state index in [9.17, 15) is 13.2 Å². The zero-order valence-electron chi connectivity index (χ0n) is 12.8. The van der Waals surface area contributed by atoms with Gasteiger partial charge in [0.2, 0.25) is 15.9 Å². The van der Waals surface area contributed by atoms with Crippen molar-refractivity contribution in [3.05, 3.63) is 18.5 Å². The number of hydrogen-bond donors (Lipinski definition) is 0. The normalized spacial score (nSPS) is 18.7. The van der Waals surface area contributed by atoms with Crippen molar-refractivity contribution in [3.63, 3.8) is 0 Å². The quantitative estimate of drug-likeness (QED) is 0.830. The van der Waals surface area contributed by atoms with Crippen LogP contribution in [0.15, 0.2) is 23.4 Å². The second kappa shape index (κ2) is 6.19. The minimum Gasteiger partial charge on any atom is -0.356 e. The molecule has 1 aromatic heterocycles. The van der Waals surface area contributed by atoms with Crippen molar-refractivity contribution < 1.29 is 13.2 Å². The molecule has 0 bridgehead atoms. The van der Waals surface area contributed by atoms with Gasteiger partial charge in [-0.25, -0.2) is 8.42 Å². The maximum atomic E-state index is 12.5. The molecular weight excluding hydrogens is 290 g/mol. The van der Waals surface area contributed by atoms with Gasteiger partial charge in [-0.1, -0.05) is 13.8 Å². The number of hydrogen-bond acceptors (Lipinski definition) is 3. The molecule has 1 atom stereocenters. The van der Waals surface area contributed by atoms with Gasteiger partial charge in [0.25, 0.3) is 0 Å². The van der Waals surface area contributed by atoms with Gasteiger partial charge in [-0.3, -0.25) is 4.79 Å². The van der Waals surface area contributed by atoms with Crippen molar-refractivity contribution in [1.82, 2.24) is 13.8 Å². The largest absolute Gasteiger partial charge is 0.356 e. The lowest BCUT2D eigenvalue weighted by Gasteiger charge is -2.35. The van der Waals surface area contributed by atoms with Crippen LogP contribution in [-0.2, 0) is 21.9 Å². The fraction of sp³-hybridized carbons (Fsp3) is 0.643. The minimum absolute atomic E-state index is 0.00211. The molecule has 118 valence electrons. The van der Waals surface area contributed by atoms with Crippen LogP contribution in [0, 0.1) is 5.92 Å². The molecule has 6 nitrogen and oxygen atoms in total. The Kier molecular flexibility index (Phi) is 4.73. The topological polar surface area (TPSA) is 62.6 Å². The molecule has 0 spiro atoms. The van der Waals surface area contributed by atoms with E-state index in [0.29, 0.717) is 31.1 Å². The molecule has 0 saturated carbocycles. The van der Waals surface area contributed by atoms with Crippen LogP contribution in [0.5, 0.6) is 0 Å². The summed E-state index contributed by atoms with van der Waals surface area (Å²) in [7, 11) is -1.65. The third kappa shape index (κ3) is 3.29. The number of nitrogens with zero attached hydrogens (tertiary/aromatic N) is 3. The number of sulfonamides is 1. The highest BCUT2D eigenvalue weighted by Gasteiger charge is 2.31. The fourth-order valence-electron chi connectivity index (χ4n) is 2.41. The summed E-state index contributed by atoms with van der Waals surface area (Å²) in [4.78, 5) is 14.2.